The van der Waals surface area contributed by atoms with Crippen LogP contribution in [-0.4, -0.2) is 51.6 Å². The van der Waals surface area contributed by atoms with Crippen LogP contribution in [0.25, 0.3) is 16.9 Å². The van der Waals surface area contributed by atoms with Gasteiger partial charge in [-0.3, -0.25) is 4.40 Å². The SMILES string of the molecule is COC(=O)c1sc(NC2CCCN(c3nc(-c4ccc(Cl)cc4Cl)cc4nccn34)C2)nc1N. The molecule has 0 bridgehead atoms. The van der Waals surface area contributed by atoms with E-state index in [4.69, 9.17) is 38.7 Å². The number of rotatable bonds is 5. The average Bonchev–Trinajstić information content (AvgIpc) is 3.44. The van der Waals surface area contributed by atoms with Gasteiger partial charge in [0.25, 0.3) is 0 Å². The van der Waals surface area contributed by atoms with E-state index >= 15 is 0 Å². The second-order valence-corrected chi connectivity index (χ2v) is 9.72. The zero-order valence-electron chi connectivity index (χ0n) is 18.2. The van der Waals surface area contributed by atoms with Gasteiger partial charge in [0.15, 0.2) is 15.8 Å². The second-order valence-electron chi connectivity index (χ2n) is 7.88. The highest BCUT2D eigenvalue weighted by molar-refractivity contribution is 7.17. The van der Waals surface area contributed by atoms with Gasteiger partial charge in [0.05, 0.1) is 17.8 Å². The Morgan fingerprint density at radius 2 is 2.15 bits per heavy atom. The molecule has 34 heavy (non-hydrogen) atoms. The molecule has 3 aromatic heterocycles. The molecule has 0 amide bonds. The van der Waals surface area contributed by atoms with Gasteiger partial charge < -0.3 is 20.7 Å². The minimum absolute atomic E-state index is 0.0907. The number of ether oxygens (including phenoxy) is 1. The average molecular weight is 518 g/mol. The second kappa shape index (κ2) is 9.28. The van der Waals surface area contributed by atoms with E-state index in [0.29, 0.717) is 26.6 Å². The maximum atomic E-state index is 11.9. The number of hydrogen-bond donors (Lipinski definition) is 2. The molecule has 1 atom stereocenters. The van der Waals surface area contributed by atoms with E-state index in [1.807, 2.05) is 22.7 Å². The summed E-state index contributed by atoms with van der Waals surface area (Å²) >= 11 is 13.7. The molecule has 1 aliphatic rings. The number of nitrogen functional groups attached to an aromatic ring is 1. The fourth-order valence-corrected chi connectivity index (χ4v) is 5.43. The summed E-state index contributed by atoms with van der Waals surface area (Å²) in [5.74, 6) is 0.454. The van der Waals surface area contributed by atoms with Crippen LogP contribution in [0, 0.1) is 0 Å². The zero-order valence-corrected chi connectivity index (χ0v) is 20.5. The number of fused-ring (bicyclic) bond motifs is 1. The van der Waals surface area contributed by atoms with Crippen molar-refractivity contribution in [1.82, 2.24) is 19.4 Å². The first-order chi connectivity index (χ1) is 16.4. The Morgan fingerprint density at radius 3 is 2.94 bits per heavy atom. The van der Waals surface area contributed by atoms with Crippen molar-refractivity contribution in [3.63, 3.8) is 0 Å². The summed E-state index contributed by atoms with van der Waals surface area (Å²) in [6.07, 6.45) is 5.54. The molecular formula is C22H21Cl2N7O2S. The number of thiazole rings is 1. The smallest absolute Gasteiger partial charge is 0.351 e. The summed E-state index contributed by atoms with van der Waals surface area (Å²) in [6.45, 7) is 1.52. The number of anilines is 3. The third kappa shape index (κ3) is 4.36. The molecular weight excluding hydrogens is 497 g/mol. The fraction of sp³-hybridized carbons (Fsp3) is 0.273. The van der Waals surface area contributed by atoms with E-state index in [0.717, 1.165) is 42.2 Å². The number of imidazole rings is 1. The van der Waals surface area contributed by atoms with E-state index in [9.17, 15) is 4.79 Å². The minimum Gasteiger partial charge on any atom is -0.465 e. The third-order valence-electron chi connectivity index (χ3n) is 5.63. The molecule has 1 aliphatic heterocycles. The monoisotopic (exact) mass is 517 g/mol. The van der Waals surface area contributed by atoms with Crippen molar-refractivity contribution in [3.05, 3.63) is 51.6 Å². The maximum Gasteiger partial charge on any atom is 0.351 e. The molecule has 1 aromatic carbocycles. The number of carbonyl (C=O) groups is 1. The fourth-order valence-electron chi connectivity index (χ4n) is 4.05. The van der Waals surface area contributed by atoms with Crippen LogP contribution >= 0.6 is 34.5 Å². The van der Waals surface area contributed by atoms with Gasteiger partial charge in [0, 0.05) is 48.2 Å². The maximum absolute atomic E-state index is 11.9. The van der Waals surface area contributed by atoms with Gasteiger partial charge in [-0.25, -0.2) is 19.7 Å². The van der Waals surface area contributed by atoms with Crippen LogP contribution in [0.4, 0.5) is 16.9 Å². The van der Waals surface area contributed by atoms with Gasteiger partial charge in [-0.2, -0.15) is 0 Å². The quantitative estimate of drug-likeness (QED) is 0.369. The van der Waals surface area contributed by atoms with E-state index in [2.05, 4.69) is 20.2 Å². The third-order valence-corrected chi connectivity index (χ3v) is 7.16. The van der Waals surface area contributed by atoms with E-state index in [-0.39, 0.29) is 11.9 Å². The number of nitrogens with zero attached hydrogens (tertiary/aromatic N) is 5. The predicted molar refractivity (Wildman–Crippen MR) is 135 cm³/mol. The largest absolute Gasteiger partial charge is 0.465 e. The number of methoxy groups -OCH3 is 1. The summed E-state index contributed by atoms with van der Waals surface area (Å²) in [4.78, 5) is 28.1. The number of carbonyl (C=O) groups excluding carboxylic acids is 1. The van der Waals surface area contributed by atoms with Gasteiger partial charge in [0.1, 0.15) is 5.65 Å². The molecule has 5 rings (SSSR count). The Kier molecular flexibility index (Phi) is 6.20. The highest BCUT2D eigenvalue weighted by Crippen LogP contribution is 2.32. The number of aromatic nitrogens is 4. The Balaban J connectivity index is 1.43. The molecule has 12 heteroatoms. The molecule has 1 unspecified atom stereocenters. The summed E-state index contributed by atoms with van der Waals surface area (Å²) in [5, 5.41) is 5.10. The lowest BCUT2D eigenvalue weighted by atomic mass is 10.1. The summed E-state index contributed by atoms with van der Waals surface area (Å²) < 4.78 is 6.74. The topological polar surface area (TPSA) is 111 Å². The summed E-state index contributed by atoms with van der Waals surface area (Å²) in [7, 11) is 1.32. The highest BCUT2D eigenvalue weighted by atomic mass is 35.5. The van der Waals surface area contributed by atoms with Crippen LogP contribution in [0.2, 0.25) is 10.0 Å². The zero-order chi connectivity index (χ0) is 23.8. The summed E-state index contributed by atoms with van der Waals surface area (Å²) in [5.41, 5.74) is 8.18. The normalized spacial score (nSPS) is 16.1. The lowest BCUT2D eigenvalue weighted by molar-refractivity contribution is 0.0607. The molecule has 0 radical (unpaired) electrons. The van der Waals surface area contributed by atoms with E-state index in [1.165, 1.54) is 18.4 Å². The lowest BCUT2D eigenvalue weighted by Crippen LogP contribution is -2.43. The number of esters is 1. The van der Waals surface area contributed by atoms with Crippen LogP contribution in [-0.2, 0) is 4.74 Å². The predicted octanol–water partition coefficient (Wildman–Crippen LogP) is 4.61. The van der Waals surface area contributed by atoms with Gasteiger partial charge in [-0.15, -0.1) is 0 Å². The Hall–Kier alpha value is -3.08. The highest BCUT2D eigenvalue weighted by Gasteiger charge is 2.25. The number of nitrogens with one attached hydrogen (secondary N) is 1. The van der Waals surface area contributed by atoms with Crippen LogP contribution < -0.4 is 16.0 Å². The van der Waals surface area contributed by atoms with Crippen molar-refractivity contribution in [3.8, 4) is 11.3 Å². The van der Waals surface area contributed by atoms with Crippen LogP contribution in [0.15, 0.2) is 36.7 Å². The lowest BCUT2D eigenvalue weighted by Gasteiger charge is -2.34. The number of halogens is 2. The Bertz CT molecular complexity index is 1370. The van der Waals surface area contributed by atoms with Gasteiger partial charge >= 0.3 is 5.97 Å². The first-order valence-electron chi connectivity index (χ1n) is 10.6. The van der Waals surface area contributed by atoms with Crippen molar-refractivity contribution in [2.24, 2.45) is 0 Å². The van der Waals surface area contributed by atoms with Crippen molar-refractivity contribution < 1.29 is 9.53 Å². The molecule has 4 aromatic rings. The molecule has 0 saturated carbocycles. The molecule has 176 valence electrons. The van der Waals surface area contributed by atoms with Gasteiger partial charge in [-0.05, 0) is 31.0 Å². The standard InChI is InChI=1S/C22H21Cl2N7O2S/c1-33-20(32)18-19(25)29-21(34-18)27-13-3-2-7-30(11-13)22-28-16(10-17-26-6-8-31(17)22)14-5-4-12(23)9-15(14)24/h4-6,8-10,13H,2-3,7,11,25H2,1H3,(H,27,29). The molecule has 4 heterocycles. The van der Waals surface area contributed by atoms with E-state index < -0.39 is 5.97 Å². The molecule has 9 nitrogen and oxygen atoms in total. The first kappa shape index (κ1) is 22.7. The molecule has 3 N–H and O–H groups in total. The van der Waals surface area contributed by atoms with Crippen molar-refractivity contribution in [1.29, 1.82) is 0 Å². The van der Waals surface area contributed by atoms with E-state index in [1.54, 1.807) is 18.3 Å². The molecule has 0 aliphatic carbocycles. The first-order valence-corrected chi connectivity index (χ1v) is 12.2. The minimum atomic E-state index is -0.488. The Labute approximate surface area is 209 Å². The van der Waals surface area contributed by atoms with Crippen molar-refractivity contribution >= 4 is 63.1 Å². The molecule has 1 fully saturated rings. The Morgan fingerprint density at radius 1 is 1.29 bits per heavy atom. The number of hydrogen-bond acceptors (Lipinski definition) is 9. The molecule has 0 spiro atoms. The van der Waals surface area contributed by atoms with Crippen LogP contribution in [0.1, 0.15) is 22.5 Å². The van der Waals surface area contributed by atoms with Crippen molar-refractivity contribution in [2.45, 2.75) is 18.9 Å². The number of nitrogens with two attached hydrogens (primary N) is 1. The summed E-state index contributed by atoms with van der Waals surface area (Å²) in [6, 6.07) is 7.36. The number of benzene rings is 1. The van der Waals surface area contributed by atoms with Crippen molar-refractivity contribution in [2.75, 3.05) is 36.1 Å². The van der Waals surface area contributed by atoms with Crippen LogP contribution in [0.5, 0.6) is 0 Å². The number of piperidine rings is 1. The van der Waals surface area contributed by atoms with Crippen LogP contribution in [0.3, 0.4) is 0 Å². The van der Waals surface area contributed by atoms with Gasteiger partial charge in [0.2, 0.25) is 5.95 Å². The molecule has 1 saturated heterocycles. The van der Waals surface area contributed by atoms with Gasteiger partial charge in [-0.1, -0.05) is 34.5 Å².